The Morgan fingerprint density at radius 1 is 0.897 bits per heavy atom. The quantitative estimate of drug-likeness (QED) is 0.708. The monoisotopic (exact) mass is 396 g/mol. The van der Waals surface area contributed by atoms with Gasteiger partial charge in [0, 0.05) is 39.1 Å². The molecule has 2 rings (SSSR count). The molecule has 29 heavy (non-hydrogen) atoms. The molecule has 0 atom stereocenters. The van der Waals surface area contributed by atoms with Gasteiger partial charge in [-0.1, -0.05) is 36.8 Å². The van der Waals surface area contributed by atoms with Gasteiger partial charge in [-0.05, 0) is 43.3 Å². The van der Waals surface area contributed by atoms with Gasteiger partial charge in [-0.15, -0.1) is 0 Å². The number of nitrogens with zero attached hydrogens (tertiary/aromatic N) is 3. The van der Waals surface area contributed by atoms with E-state index in [1.54, 1.807) is 7.05 Å². The number of rotatable bonds is 9. The predicted molar refractivity (Wildman–Crippen MR) is 119 cm³/mol. The van der Waals surface area contributed by atoms with Crippen molar-refractivity contribution in [1.29, 1.82) is 0 Å². The molecule has 0 aliphatic carbocycles. The van der Waals surface area contributed by atoms with Crippen molar-refractivity contribution in [2.75, 3.05) is 51.0 Å². The van der Waals surface area contributed by atoms with Crippen LogP contribution >= 0.6 is 0 Å². The molecule has 156 valence electrons. The number of aryl methyl sites for hydroxylation is 1. The minimum Gasteiger partial charge on any atom is -0.378 e. The van der Waals surface area contributed by atoms with Crippen LogP contribution in [0, 0.1) is 6.92 Å². The van der Waals surface area contributed by atoms with E-state index in [-0.39, 0.29) is 24.9 Å². The standard InChI is InChI=1S/C23H32N4O2/c1-6-27(15-19-9-13-21(14-10-19)25(3)4)17-23(29)26(5)16-22(28)24-20-11-7-18(2)8-12-20/h7-14H,6,15-17H2,1-5H3,(H,24,28). The van der Waals surface area contributed by atoms with Gasteiger partial charge in [0.2, 0.25) is 11.8 Å². The zero-order valence-corrected chi connectivity index (χ0v) is 18.1. The van der Waals surface area contributed by atoms with Gasteiger partial charge in [0.05, 0.1) is 13.1 Å². The van der Waals surface area contributed by atoms with Crippen LogP contribution in [0.4, 0.5) is 11.4 Å². The van der Waals surface area contributed by atoms with Crippen LogP contribution in [0.15, 0.2) is 48.5 Å². The van der Waals surface area contributed by atoms with Gasteiger partial charge in [-0.2, -0.15) is 0 Å². The number of carbonyl (C=O) groups excluding carboxylic acids is 2. The molecular formula is C23H32N4O2. The maximum atomic E-state index is 12.6. The number of likely N-dealkylation sites (N-methyl/N-ethyl adjacent to an activating group) is 2. The number of benzene rings is 2. The second-order valence-corrected chi connectivity index (χ2v) is 7.53. The normalized spacial score (nSPS) is 10.7. The van der Waals surface area contributed by atoms with Crippen molar-refractivity contribution in [2.45, 2.75) is 20.4 Å². The summed E-state index contributed by atoms with van der Waals surface area (Å²) in [6, 6.07) is 15.9. The minimum atomic E-state index is -0.202. The van der Waals surface area contributed by atoms with Gasteiger partial charge in [0.15, 0.2) is 0 Å². The molecule has 0 aliphatic rings. The van der Waals surface area contributed by atoms with E-state index in [4.69, 9.17) is 0 Å². The molecule has 0 bridgehead atoms. The summed E-state index contributed by atoms with van der Waals surface area (Å²) in [6.07, 6.45) is 0. The first-order chi connectivity index (χ1) is 13.8. The zero-order valence-electron chi connectivity index (χ0n) is 18.1. The van der Waals surface area contributed by atoms with Crippen molar-refractivity contribution in [3.63, 3.8) is 0 Å². The summed E-state index contributed by atoms with van der Waals surface area (Å²) < 4.78 is 0. The van der Waals surface area contributed by atoms with Crippen molar-refractivity contribution >= 4 is 23.2 Å². The lowest BCUT2D eigenvalue weighted by molar-refractivity contribution is -0.134. The van der Waals surface area contributed by atoms with Crippen LogP contribution in [-0.2, 0) is 16.1 Å². The molecule has 0 fully saturated rings. The van der Waals surface area contributed by atoms with E-state index < -0.39 is 0 Å². The Morgan fingerprint density at radius 3 is 2.07 bits per heavy atom. The summed E-state index contributed by atoms with van der Waals surface area (Å²) in [4.78, 5) is 30.4. The molecule has 1 N–H and O–H groups in total. The summed E-state index contributed by atoms with van der Waals surface area (Å²) in [5.74, 6) is -0.275. The molecule has 6 heteroatoms. The number of amides is 2. The molecule has 0 saturated carbocycles. The summed E-state index contributed by atoms with van der Waals surface area (Å²) in [5.41, 5.74) is 4.17. The molecule has 0 spiro atoms. The smallest absolute Gasteiger partial charge is 0.243 e. The van der Waals surface area contributed by atoms with Crippen molar-refractivity contribution in [1.82, 2.24) is 9.80 Å². The van der Waals surface area contributed by atoms with Crippen LogP contribution in [0.2, 0.25) is 0 Å². The molecule has 2 aromatic rings. The van der Waals surface area contributed by atoms with E-state index >= 15 is 0 Å². The number of hydrogen-bond donors (Lipinski definition) is 1. The lowest BCUT2D eigenvalue weighted by Crippen LogP contribution is -2.41. The van der Waals surface area contributed by atoms with Gasteiger partial charge in [0.25, 0.3) is 0 Å². The third-order valence-corrected chi connectivity index (χ3v) is 4.81. The number of anilines is 2. The maximum Gasteiger partial charge on any atom is 0.243 e. The first kappa shape index (κ1) is 22.4. The summed E-state index contributed by atoms with van der Waals surface area (Å²) in [7, 11) is 5.68. The van der Waals surface area contributed by atoms with Crippen molar-refractivity contribution < 1.29 is 9.59 Å². The highest BCUT2D eigenvalue weighted by Crippen LogP contribution is 2.14. The fourth-order valence-corrected chi connectivity index (χ4v) is 2.89. The second kappa shape index (κ2) is 10.6. The van der Waals surface area contributed by atoms with Crippen LogP contribution in [0.5, 0.6) is 0 Å². The van der Waals surface area contributed by atoms with E-state index in [0.717, 1.165) is 29.0 Å². The Kier molecular flexibility index (Phi) is 8.21. The maximum absolute atomic E-state index is 12.6. The molecule has 6 nitrogen and oxygen atoms in total. The van der Waals surface area contributed by atoms with Crippen molar-refractivity contribution in [3.05, 3.63) is 59.7 Å². The first-order valence-corrected chi connectivity index (χ1v) is 9.87. The SMILES string of the molecule is CCN(CC(=O)N(C)CC(=O)Nc1ccc(C)cc1)Cc1ccc(N(C)C)cc1. The van der Waals surface area contributed by atoms with Crippen molar-refractivity contribution in [2.24, 2.45) is 0 Å². The molecule has 2 aromatic carbocycles. The van der Waals surface area contributed by atoms with Crippen LogP contribution in [0.3, 0.4) is 0 Å². The highest BCUT2D eigenvalue weighted by Gasteiger charge is 2.16. The topological polar surface area (TPSA) is 55.9 Å². The van der Waals surface area contributed by atoms with Gasteiger partial charge in [-0.3, -0.25) is 14.5 Å². The third-order valence-electron chi connectivity index (χ3n) is 4.81. The Balaban J connectivity index is 1.85. The Labute approximate surface area is 174 Å². The van der Waals surface area contributed by atoms with Gasteiger partial charge < -0.3 is 15.1 Å². The molecule has 2 amide bonds. The van der Waals surface area contributed by atoms with Gasteiger partial charge in [0.1, 0.15) is 0 Å². The fraction of sp³-hybridized carbons (Fsp3) is 0.391. The lowest BCUT2D eigenvalue weighted by Gasteiger charge is -2.24. The molecule has 0 aliphatic heterocycles. The summed E-state index contributed by atoms with van der Waals surface area (Å²) >= 11 is 0. The zero-order chi connectivity index (χ0) is 21.4. The highest BCUT2D eigenvalue weighted by molar-refractivity contribution is 5.94. The van der Waals surface area contributed by atoms with Gasteiger partial charge in [-0.25, -0.2) is 0 Å². The van der Waals surface area contributed by atoms with E-state index in [0.29, 0.717) is 6.54 Å². The Bertz CT molecular complexity index is 801. The van der Waals surface area contributed by atoms with Crippen LogP contribution in [0.25, 0.3) is 0 Å². The molecule has 0 aromatic heterocycles. The van der Waals surface area contributed by atoms with Crippen LogP contribution in [-0.4, -0.2) is 62.4 Å². The predicted octanol–water partition coefficient (Wildman–Crippen LogP) is 2.98. The average molecular weight is 397 g/mol. The molecule has 0 radical (unpaired) electrons. The Hall–Kier alpha value is -2.86. The lowest BCUT2D eigenvalue weighted by atomic mass is 10.2. The third kappa shape index (κ3) is 7.23. The van der Waals surface area contributed by atoms with E-state index in [9.17, 15) is 9.59 Å². The number of hydrogen-bond acceptors (Lipinski definition) is 4. The van der Waals surface area contributed by atoms with Crippen LogP contribution in [0.1, 0.15) is 18.1 Å². The number of carbonyl (C=O) groups is 2. The minimum absolute atomic E-state index is 0.0296. The number of nitrogens with one attached hydrogen (secondary N) is 1. The van der Waals surface area contributed by atoms with E-state index in [1.807, 2.05) is 52.2 Å². The fourth-order valence-electron chi connectivity index (χ4n) is 2.89. The molecule has 0 saturated heterocycles. The summed E-state index contributed by atoms with van der Waals surface area (Å²) in [6.45, 7) is 5.78. The van der Waals surface area contributed by atoms with E-state index in [2.05, 4.69) is 39.4 Å². The van der Waals surface area contributed by atoms with Crippen molar-refractivity contribution in [3.8, 4) is 0 Å². The van der Waals surface area contributed by atoms with Crippen LogP contribution < -0.4 is 10.2 Å². The largest absolute Gasteiger partial charge is 0.378 e. The molecular weight excluding hydrogens is 364 g/mol. The molecule has 0 unspecified atom stereocenters. The molecule has 0 heterocycles. The summed E-state index contributed by atoms with van der Waals surface area (Å²) in [5, 5.41) is 2.83. The average Bonchev–Trinajstić information content (AvgIpc) is 2.69. The highest BCUT2D eigenvalue weighted by atomic mass is 16.2. The second-order valence-electron chi connectivity index (χ2n) is 7.53. The first-order valence-electron chi connectivity index (χ1n) is 9.87. The van der Waals surface area contributed by atoms with Gasteiger partial charge >= 0.3 is 0 Å². The Morgan fingerprint density at radius 2 is 1.52 bits per heavy atom. The van der Waals surface area contributed by atoms with E-state index in [1.165, 1.54) is 4.90 Å².